The first-order chi connectivity index (χ1) is 11.0. The highest BCUT2D eigenvalue weighted by molar-refractivity contribution is 8.18. The molecule has 0 spiro atoms. The number of thioether (sulfide) groups is 1. The molecule has 0 atom stereocenters. The maximum atomic E-state index is 11.8. The van der Waals surface area contributed by atoms with Crippen LogP contribution in [0.5, 0.6) is 0 Å². The van der Waals surface area contributed by atoms with E-state index in [2.05, 4.69) is 0 Å². The molecule has 2 aromatic rings. The van der Waals surface area contributed by atoms with E-state index in [1.54, 1.807) is 30.3 Å². The Morgan fingerprint density at radius 3 is 2.61 bits per heavy atom. The highest BCUT2D eigenvalue weighted by atomic mass is 32.2. The number of carbonyl (C=O) groups excluding carboxylic acids is 2. The highest BCUT2D eigenvalue weighted by Gasteiger charge is 2.32. The molecule has 0 radical (unpaired) electrons. The van der Waals surface area contributed by atoms with Gasteiger partial charge in [0, 0.05) is 19.2 Å². The van der Waals surface area contributed by atoms with Crippen LogP contribution in [0.1, 0.15) is 5.76 Å². The van der Waals surface area contributed by atoms with Crippen LogP contribution in [0, 0.1) is 10.1 Å². The van der Waals surface area contributed by atoms with Crippen molar-refractivity contribution in [2.75, 3.05) is 7.05 Å². The van der Waals surface area contributed by atoms with Gasteiger partial charge >= 0.3 is 0 Å². The van der Waals surface area contributed by atoms with Crippen molar-refractivity contribution in [2.24, 2.45) is 0 Å². The second-order valence-electron chi connectivity index (χ2n) is 4.72. The van der Waals surface area contributed by atoms with Gasteiger partial charge in [-0.2, -0.15) is 0 Å². The minimum atomic E-state index is -0.486. The molecule has 1 aliphatic rings. The molecular formula is C15H10N2O5S. The van der Waals surface area contributed by atoms with Crippen molar-refractivity contribution < 1.29 is 18.9 Å². The molecule has 0 aliphatic carbocycles. The van der Waals surface area contributed by atoms with Gasteiger partial charge in [0.25, 0.3) is 16.8 Å². The second-order valence-corrected chi connectivity index (χ2v) is 5.71. The third-order valence-electron chi connectivity index (χ3n) is 3.25. The van der Waals surface area contributed by atoms with Crippen molar-refractivity contribution in [3.05, 3.63) is 57.2 Å². The molecule has 1 fully saturated rings. The summed E-state index contributed by atoms with van der Waals surface area (Å²) in [6.07, 6.45) is 1.45. The van der Waals surface area contributed by atoms with Gasteiger partial charge in [-0.3, -0.25) is 24.6 Å². The first kappa shape index (κ1) is 15.0. The zero-order valence-electron chi connectivity index (χ0n) is 11.9. The zero-order valence-corrected chi connectivity index (χ0v) is 12.7. The first-order valence-corrected chi connectivity index (χ1v) is 7.34. The predicted octanol–water partition coefficient (Wildman–Crippen LogP) is 3.52. The molecule has 8 heteroatoms. The Labute approximate surface area is 134 Å². The molecule has 2 amide bonds. The summed E-state index contributed by atoms with van der Waals surface area (Å²) in [5.74, 6) is 0.264. The quantitative estimate of drug-likeness (QED) is 0.485. The minimum absolute atomic E-state index is 0.0673. The number of nitro benzene ring substituents is 1. The Hall–Kier alpha value is -2.87. The Morgan fingerprint density at radius 1 is 1.22 bits per heavy atom. The lowest BCUT2D eigenvalue weighted by Crippen LogP contribution is -2.22. The van der Waals surface area contributed by atoms with E-state index in [0.717, 1.165) is 16.7 Å². The standard InChI is InChI=1S/C15H10N2O5S/c1-16-14(18)13(23-15(16)19)8-9-6-7-12(22-9)10-4-2-3-5-11(10)17(20)21/h2-8H,1H3/b13-8+. The van der Waals surface area contributed by atoms with Crippen LogP contribution in [-0.4, -0.2) is 28.0 Å². The van der Waals surface area contributed by atoms with Gasteiger partial charge in [-0.1, -0.05) is 12.1 Å². The maximum absolute atomic E-state index is 11.8. The number of carbonyl (C=O) groups is 2. The summed E-state index contributed by atoms with van der Waals surface area (Å²) < 4.78 is 5.57. The maximum Gasteiger partial charge on any atom is 0.293 e. The third kappa shape index (κ3) is 2.76. The first-order valence-electron chi connectivity index (χ1n) is 6.52. The van der Waals surface area contributed by atoms with Crippen LogP contribution in [0.4, 0.5) is 10.5 Å². The van der Waals surface area contributed by atoms with Gasteiger partial charge in [-0.15, -0.1) is 0 Å². The fourth-order valence-electron chi connectivity index (χ4n) is 2.09. The summed E-state index contributed by atoms with van der Waals surface area (Å²) in [6.45, 7) is 0. The van der Waals surface area contributed by atoms with Gasteiger partial charge in [0.2, 0.25) is 0 Å². The lowest BCUT2D eigenvalue weighted by atomic mass is 10.1. The SMILES string of the molecule is CN1C(=O)S/C(=C/c2ccc(-c3ccccc3[N+](=O)[O-])o2)C1=O. The molecule has 1 aromatic heterocycles. The molecule has 1 aliphatic heterocycles. The third-order valence-corrected chi connectivity index (χ3v) is 4.21. The summed E-state index contributed by atoms with van der Waals surface area (Å²) in [5, 5.41) is 10.7. The molecule has 0 unspecified atom stereocenters. The summed E-state index contributed by atoms with van der Waals surface area (Å²) >= 11 is 0.820. The second kappa shape index (κ2) is 5.73. The number of nitrogens with zero attached hydrogens (tertiary/aromatic N) is 2. The normalized spacial score (nSPS) is 16.4. The van der Waals surface area contributed by atoms with Crippen molar-refractivity contribution in [3.63, 3.8) is 0 Å². The van der Waals surface area contributed by atoms with Crippen LogP contribution in [0.15, 0.2) is 45.7 Å². The monoisotopic (exact) mass is 330 g/mol. The molecule has 2 heterocycles. The molecule has 116 valence electrons. The van der Waals surface area contributed by atoms with Crippen LogP contribution < -0.4 is 0 Å². The van der Waals surface area contributed by atoms with Crippen molar-refractivity contribution >= 4 is 34.7 Å². The van der Waals surface area contributed by atoms with Crippen molar-refractivity contribution in [1.82, 2.24) is 4.90 Å². The smallest absolute Gasteiger partial charge is 0.293 e. The number of likely N-dealkylation sites (N-methyl/N-ethyl adjacent to an activating group) is 1. The van der Waals surface area contributed by atoms with E-state index in [4.69, 9.17) is 4.42 Å². The van der Waals surface area contributed by atoms with Crippen LogP contribution in [0.25, 0.3) is 17.4 Å². The van der Waals surface area contributed by atoms with E-state index in [-0.39, 0.29) is 15.8 Å². The van der Waals surface area contributed by atoms with Crippen molar-refractivity contribution in [1.29, 1.82) is 0 Å². The van der Waals surface area contributed by atoms with E-state index in [0.29, 0.717) is 17.1 Å². The van der Waals surface area contributed by atoms with E-state index < -0.39 is 10.8 Å². The minimum Gasteiger partial charge on any atom is -0.456 e. The van der Waals surface area contributed by atoms with Gasteiger partial charge < -0.3 is 4.42 Å². The Bertz CT molecular complexity index is 855. The van der Waals surface area contributed by atoms with Gasteiger partial charge in [0.1, 0.15) is 11.5 Å². The van der Waals surface area contributed by atoms with Crippen molar-refractivity contribution in [3.8, 4) is 11.3 Å². The summed E-state index contributed by atoms with van der Waals surface area (Å²) in [4.78, 5) is 35.1. The summed E-state index contributed by atoms with van der Waals surface area (Å²) in [7, 11) is 1.40. The van der Waals surface area contributed by atoms with Gasteiger partial charge in [-0.05, 0) is 30.0 Å². The molecule has 1 saturated heterocycles. The molecule has 0 bridgehead atoms. The molecule has 0 N–H and O–H groups in total. The van der Waals surface area contributed by atoms with E-state index in [9.17, 15) is 19.7 Å². The Kier molecular flexibility index (Phi) is 3.75. The number of nitro groups is 1. The Morgan fingerprint density at radius 2 is 1.96 bits per heavy atom. The number of rotatable bonds is 3. The largest absolute Gasteiger partial charge is 0.456 e. The zero-order chi connectivity index (χ0) is 16.6. The van der Waals surface area contributed by atoms with E-state index in [1.165, 1.54) is 19.2 Å². The van der Waals surface area contributed by atoms with Crippen LogP contribution in [-0.2, 0) is 4.79 Å². The molecule has 1 aromatic carbocycles. The van der Waals surface area contributed by atoms with E-state index >= 15 is 0 Å². The number of imide groups is 1. The number of hydrogen-bond donors (Lipinski definition) is 0. The van der Waals surface area contributed by atoms with Crippen LogP contribution >= 0.6 is 11.8 Å². The topological polar surface area (TPSA) is 93.7 Å². The lowest BCUT2D eigenvalue weighted by Gasteiger charge is -2.00. The van der Waals surface area contributed by atoms with Gasteiger partial charge in [0.05, 0.1) is 15.4 Å². The average Bonchev–Trinajstić information content (AvgIpc) is 3.09. The van der Waals surface area contributed by atoms with Crippen molar-refractivity contribution in [2.45, 2.75) is 0 Å². The Balaban J connectivity index is 1.95. The number of furan rings is 1. The average molecular weight is 330 g/mol. The molecular weight excluding hydrogens is 320 g/mol. The predicted molar refractivity (Wildman–Crippen MR) is 84.5 cm³/mol. The molecule has 7 nitrogen and oxygen atoms in total. The number of para-hydroxylation sites is 1. The number of amides is 2. The van der Waals surface area contributed by atoms with Crippen LogP contribution in [0.3, 0.4) is 0 Å². The van der Waals surface area contributed by atoms with E-state index in [1.807, 2.05) is 0 Å². The molecule has 23 heavy (non-hydrogen) atoms. The summed E-state index contributed by atoms with van der Waals surface area (Å²) in [5.41, 5.74) is 0.281. The fourth-order valence-corrected chi connectivity index (χ4v) is 2.90. The van der Waals surface area contributed by atoms with Crippen LogP contribution in [0.2, 0.25) is 0 Å². The lowest BCUT2D eigenvalue weighted by molar-refractivity contribution is -0.384. The number of hydrogen-bond acceptors (Lipinski definition) is 6. The number of benzene rings is 1. The molecule has 3 rings (SSSR count). The molecule has 0 saturated carbocycles. The highest BCUT2D eigenvalue weighted by Crippen LogP contribution is 2.34. The van der Waals surface area contributed by atoms with Gasteiger partial charge in [-0.25, -0.2) is 0 Å². The fraction of sp³-hybridized carbons (Fsp3) is 0.0667. The summed E-state index contributed by atoms with van der Waals surface area (Å²) in [6, 6.07) is 9.40. The van der Waals surface area contributed by atoms with Gasteiger partial charge in [0.15, 0.2) is 0 Å².